The largest absolute Gasteiger partial charge is 0.348 e. The van der Waals surface area contributed by atoms with Crippen LogP contribution in [0.15, 0.2) is 23.6 Å². The van der Waals surface area contributed by atoms with E-state index in [0.29, 0.717) is 12.0 Å². The lowest BCUT2D eigenvalue weighted by Gasteiger charge is -2.44. The summed E-state index contributed by atoms with van der Waals surface area (Å²) in [6.07, 6.45) is 6.02. The van der Waals surface area contributed by atoms with E-state index in [0.717, 1.165) is 11.4 Å². The topological polar surface area (TPSA) is 32.3 Å². The van der Waals surface area contributed by atoms with Crippen molar-refractivity contribution in [3.63, 3.8) is 0 Å². The van der Waals surface area contributed by atoms with Crippen LogP contribution in [-0.2, 0) is 4.79 Å². The summed E-state index contributed by atoms with van der Waals surface area (Å²) in [5.41, 5.74) is 0. The predicted molar refractivity (Wildman–Crippen MR) is 74.4 cm³/mol. The highest BCUT2D eigenvalue weighted by Gasteiger charge is 2.34. The second-order valence-electron chi connectivity index (χ2n) is 5.10. The maximum absolute atomic E-state index is 11.9. The molecule has 4 rings (SSSR count). The van der Waals surface area contributed by atoms with Gasteiger partial charge in [0.2, 0.25) is 5.91 Å². The average Bonchev–Trinajstić information content (AvgIpc) is 2.91. The fraction of sp³-hybridized carbons (Fsp3) is 0.500. The Hall–Kier alpha value is -1.13. The van der Waals surface area contributed by atoms with Crippen molar-refractivity contribution < 1.29 is 4.79 Å². The fourth-order valence-corrected chi connectivity index (χ4v) is 3.52. The van der Waals surface area contributed by atoms with Crippen LogP contribution in [0, 0.1) is 5.92 Å². The molecule has 1 aromatic rings. The first-order valence-electron chi connectivity index (χ1n) is 6.56. The lowest BCUT2D eigenvalue weighted by atomic mass is 9.84. The molecule has 1 amide bonds. The van der Waals surface area contributed by atoms with Crippen molar-refractivity contribution in [2.45, 2.75) is 18.9 Å². The van der Waals surface area contributed by atoms with Gasteiger partial charge in [-0.2, -0.15) is 0 Å². The van der Waals surface area contributed by atoms with Crippen LogP contribution in [0.25, 0.3) is 6.08 Å². The Morgan fingerprint density at radius 3 is 2.89 bits per heavy atom. The monoisotopic (exact) mass is 262 g/mol. The maximum Gasteiger partial charge on any atom is 0.244 e. The summed E-state index contributed by atoms with van der Waals surface area (Å²) in [4.78, 5) is 15.4. The number of hydrogen-bond acceptors (Lipinski definition) is 3. The van der Waals surface area contributed by atoms with E-state index in [-0.39, 0.29) is 5.91 Å². The molecular weight excluding hydrogens is 244 g/mol. The van der Waals surface area contributed by atoms with Gasteiger partial charge in [-0.15, -0.1) is 11.3 Å². The van der Waals surface area contributed by atoms with Gasteiger partial charge in [0, 0.05) is 23.5 Å². The molecular formula is C14H18N2OS. The van der Waals surface area contributed by atoms with Gasteiger partial charge in [0.15, 0.2) is 0 Å². The highest BCUT2D eigenvalue weighted by atomic mass is 32.1. The van der Waals surface area contributed by atoms with Gasteiger partial charge in [-0.1, -0.05) is 6.07 Å². The third-order valence-electron chi connectivity index (χ3n) is 3.93. The van der Waals surface area contributed by atoms with Crippen molar-refractivity contribution in [2.24, 2.45) is 5.92 Å². The Morgan fingerprint density at radius 2 is 2.28 bits per heavy atom. The van der Waals surface area contributed by atoms with E-state index in [1.165, 1.54) is 25.9 Å². The lowest BCUT2D eigenvalue weighted by Crippen LogP contribution is -2.57. The summed E-state index contributed by atoms with van der Waals surface area (Å²) in [5.74, 6) is 0.733. The second-order valence-corrected chi connectivity index (χ2v) is 6.08. The second kappa shape index (κ2) is 5.24. The molecule has 0 aliphatic carbocycles. The lowest BCUT2D eigenvalue weighted by molar-refractivity contribution is -0.118. The number of rotatable bonds is 3. The van der Waals surface area contributed by atoms with Gasteiger partial charge in [-0.05, 0) is 49.4 Å². The molecule has 3 aliphatic heterocycles. The average molecular weight is 262 g/mol. The molecule has 1 atom stereocenters. The summed E-state index contributed by atoms with van der Waals surface area (Å²) in [7, 11) is 0. The Kier molecular flexibility index (Phi) is 3.48. The molecule has 0 spiro atoms. The SMILES string of the molecule is O=C(/C=C/c1cccs1)N[C@H]1CN2CCC1CC2. The third kappa shape index (κ3) is 2.65. The normalized spacial score (nSPS) is 30.8. The van der Waals surface area contributed by atoms with Crippen molar-refractivity contribution in [1.29, 1.82) is 0 Å². The van der Waals surface area contributed by atoms with Gasteiger partial charge < -0.3 is 10.2 Å². The molecule has 0 radical (unpaired) electrons. The summed E-state index contributed by atoms with van der Waals surface area (Å²) in [6, 6.07) is 4.37. The van der Waals surface area contributed by atoms with Crippen LogP contribution in [0.2, 0.25) is 0 Å². The van der Waals surface area contributed by atoms with E-state index in [9.17, 15) is 4.79 Å². The first-order chi connectivity index (χ1) is 8.81. The van der Waals surface area contributed by atoms with Crippen molar-refractivity contribution >= 4 is 23.3 Å². The number of carbonyl (C=O) groups excluding carboxylic acids is 1. The van der Waals surface area contributed by atoms with Crippen LogP contribution in [0.5, 0.6) is 0 Å². The number of thiophene rings is 1. The minimum atomic E-state index is 0.0437. The molecule has 0 aromatic carbocycles. The minimum absolute atomic E-state index is 0.0437. The van der Waals surface area contributed by atoms with E-state index in [2.05, 4.69) is 10.2 Å². The van der Waals surface area contributed by atoms with Crippen molar-refractivity contribution in [2.75, 3.05) is 19.6 Å². The molecule has 4 heterocycles. The molecule has 3 aliphatic rings. The fourth-order valence-electron chi connectivity index (χ4n) is 2.90. The Morgan fingerprint density at radius 1 is 1.44 bits per heavy atom. The zero-order chi connectivity index (χ0) is 12.4. The van der Waals surface area contributed by atoms with Gasteiger partial charge in [-0.25, -0.2) is 0 Å². The number of nitrogens with zero attached hydrogens (tertiary/aromatic N) is 1. The van der Waals surface area contributed by atoms with Crippen LogP contribution in [0.4, 0.5) is 0 Å². The molecule has 18 heavy (non-hydrogen) atoms. The summed E-state index contributed by atoms with van der Waals surface area (Å²) >= 11 is 1.65. The molecule has 3 nitrogen and oxygen atoms in total. The number of piperidine rings is 3. The quantitative estimate of drug-likeness (QED) is 0.845. The van der Waals surface area contributed by atoms with Crippen LogP contribution in [0.1, 0.15) is 17.7 Å². The number of carbonyl (C=O) groups is 1. The Bertz CT molecular complexity index is 433. The smallest absolute Gasteiger partial charge is 0.244 e. The van der Waals surface area contributed by atoms with Crippen LogP contribution in [-0.4, -0.2) is 36.5 Å². The molecule has 1 N–H and O–H groups in total. The van der Waals surface area contributed by atoms with E-state index in [1.807, 2.05) is 23.6 Å². The first-order valence-corrected chi connectivity index (χ1v) is 7.44. The zero-order valence-corrected chi connectivity index (χ0v) is 11.2. The Balaban J connectivity index is 1.55. The number of fused-ring (bicyclic) bond motifs is 3. The maximum atomic E-state index is 11.9. The van der Waals surface area contributed by atoms with Crippen molar-refractivity contribution in [3.05, 3.63) is 28.5 Å². The molecule has 2 bridgehead atoms. The van der Waals surface area contributed by atoms with Crippen molar-refractivity contribution in [1.82, 2.24) is 10.2 Å². The molecule has 3 fully saturated rings. The standard InChI is InChI=1S/C14H18N2OS/c17-14(4-3-12-2-1-9-18-12)15-13-10-16-7-5-11(13)6-8-16/h1-4,9,11,13H,5-8,10H2,(H,15,17)/b4-3+/t13-/m0/s1. The highest BCUT2D eigenvalue weighted by molar-refractivity contribution is 7.10. The zero-order valence-electron chi connectivity index (χ0n) is 10.3. The molecule has 0 unspecified atom stereocenters. The Labute approximate surface area is 111 Å². The van der Waals surface area contributed by atoms with Gasteiger partial charge in [-0.3, -0.25) is 4.79 Å². The van der Waals surface area contributed by atoms with Crippen molar-refractivity contribution in [3.8, 4) is 0 Å². The number of nitrogens with one attached hydrogen (secondary N) is 1. The minimum Gasteiger partial charge on any atom is -0.348 e. The third-order valence-corrected chi connectivity index (χ3v) is 4.76. The number of hydrogen-bond donors (Lipinski definition) is 1. The first kappa shape index (κ1) is 11.9. The van der Waals surface area contributed by atoms with Gasteiger partial charge in [0.1, 0.15) is 0 Å². The van der Waals surface area contributed by atoms with Gasteiger partial charge in [0.25, 0.3) is 0 Å². The molecule has 0 saturated carbocycles. The predicted octanol–water partition coefficient (Wildman–Crippen LogP) is 1.97. The van der Waals surface area contributed by atoms with Crippen LogP contribution < -0.4 is 5.32 Å². The van der Waals surface area contributed by atoms with Crippen LogP contribution in [0.3, 0.4) is 0 Å². The van der Waals surface area contributed by atoms with E-state index < -0.39 is 0 Å². The summed E-state index contributed by atoms with van der Waals surface area (Å²) in [5, 5.41) is 5.17. The number of amides is 1. The highest BCUT2D eigenvalue weighted by Crippen LogP contribution is 2.27. The van der Waals surface area contributed by atoms with Gasteiger partial charge >= 0.3 is 0 Å². The van der Waals surface area contributed by atoms with Gasteiger partial charge in [0.05, 0.1) is 0 Å². The van der Waals surface area contributed by atoms with Crippen LogP contribution >= 0.6 is 11.3 Å². The molecule has 1 aromatic heterocycles. The van der Waals surface area contributed by atoms with E-state index in [4.69, 9.17) is 0 Å². The summed E-state index contributed by atoms with van der Waals surface area (Å²) < 4.78 is 0. The molecule has 96 valence electrons. The van der Waals surface area contributed by atoms with E-state index >= 15 is 0 Å². The summed E-state index contributed by atoms with van der Waals surface area (Å²) in [6.45, 7) is 3.45. The molecule has 3 saturated heterocycles. The van der Waals surface area contributed by atoms with E-state index in [1.54, 1.807) is 17.4 Å². The molecule has 4 heteroatoms.